The number of nitrogens with zero attached hydrogens (tertiary/aromatic N) is 3. The van der Waals surface area contributed by atoms with Crippen molar-refractivity contribution in [1.29, 1.82) is 0 Å². The minimum absolute atomic E-state index is 0.102. The SMILES string of the molecule is CCOC(=O)c1sc(/N=C(\[O-])Nc2sc(NS(=O)(=O)c3ccc(C)cc3)nc2C)nc1C. The summed E-state index contributed by atoms with van der Waals surface area (Å²) in [6.07, 6.45) is 0. The summed E-state index contributed by atoms with van der Waals surface area (Å²) in [5, 5.41) is 15.4. The Bertz CT molecular complexity index is 1260. The van der Waals surface area contributed by atoms with Crippen LogP contribution >= 0.6 is 22.7 Å². The number of anilines is 2. The van der Waals surface area contributed by atoms with E-state index in [1.54, 1.807) is 32.9 Å². The van der Waals surface area contributed by atoms with E-state index >= 15 is 0 Å². The third kappa shape index (κ3) is 5.60. The molecule has 3 aromatic rings. The summed E-state index contributed by atoms with van der Waals surface area (Å²) in [6.45, 7) is 7.03. The molecule has 0 spiro atoms. The Morgan fingerprint density at radius 1 is 1.12 bits per heavy atom. The number of benzene rings is 1. The topological polar surface area (TPSA) is 146 Å². The Kier molecular flexibility index (Phi) is 7.11. The first kappa shape index (κ1) is 23.6. The average Bonchev–Trinajstić information content (AvgIpc) is 3.23. The molecule has 32 heavy (non-hydrogen) atoms. The highest BCUT2D eigenvalue weighted by Crippen LogP contribution is 2.30. The summed E-state index contributed by atoms with van der Waals surface area (Å²) in [4.78, 5) is 24.4. The zero-order chi connectivity index (χ0) is 23.5. The Hall–Kier alpha value is -3.03. The van der Waals surface area contributed by atoms with Crippen LogP contribution in [0.15, 0.2) is 34.2 Å². The number of aliphatic imine (C=N–C) groups is 1. The van der Waals surface area contributed by atoms with Crippen LogP contribution in [0.1, 0.15) is 33.5 Å². The van der Waals surface area contributed by atoms with E-state index in [0.717, 1.165) is 28.2 Å². The molecule has 2 N–H and O–H groups in total. The number of esters is 1. The molecule has 0 fully saturated rings. The van der Waals surface area contributed by atoms with Crippen LogP contribution in [0.3, 0.4) is 0 Å². The van der Waals surface area contributed by atoms with E-state index in [4.69, 9.17) is 4.74 Å². The quantitative estimate of drug-likeness (QED) is 0.290. The van der Waals surface area contributed by atoms with E-state index in [1.165, 1.54) is 12.1 Å². The first-order valence-corrected chi connectivity index (χ1v) is 12.4. The normalized spacial score (nSPS) is 11.9. The number of thiazole rings is 2. The summed E-state index contributed by atoms with van der Waals surface area (Å²) < 4.78 is 32.4. The molecule has 10 nitrogen and oxygen atoms in total. The highest BCUT2D eigenvalue weighted by atomic mass is 32.2. The summed E-state index contributed by atoms with van der Waals surface area (Å²) in [5.74, 6) is -0.520. The number of sulfonamides is 1. The lowest BCUT2D eigenvalue weighted by Crippen LogP contribution is -2.26. The fourth-order valence-corrected chi connectivity index (χ4v) is 5.40. The van der Waals surface area contributed by atoms with Crippen molar-refractivity contribution < 1.29 is 23.1 Å². The Morgan fingerprint density at radius 2 is 1.81 bits per heavy atom. The number of hydrogen-bond donors (Lipinski definition) is 2. The smallest absolute Gasteiger partial charge is 0.350 e. The Labute approximate surface area is 193 Å². The lowest BCUT2D eigenvalue weighted by atomic mass is 10.2. The van der Waals surface area contributed by atoms with Crippen LogP contribution in [-0.4, -0.2) is 37.0 Å². The van der Waals surface area contributed by atoms with Gasteiger partial charge < -0.3 is 15.2 Å². The molecule has 2 heterocycles. The summed E-state index contributed by atoms with van der Waals surface area (Å²) >= 11 is 1.90. The van der Waals surface area contributed by atoms with Gasteiger partial charge in [-0.25, -0.2) is 28.2 Å². The predicted octanol–water partition coefficient (Wildman–Crippen LogP) is 2.96. The van der Waals surface area contributed by atoms with Crippen molar-refractivity contribution in [2.24, 2.45) is 4.99 Å². The predicted molar refractivity (Wildman–Crippen MR) is 122 cm³/mol. The molecule has 3 rings (SSSR count). The zero-order valence-corrected chi connectivity index (χ0v) is 20.1. The molecule has 0 radical (unpaired) electrons. The van der Waals surface area contributed by atoms with Crippen molar-refractivity contribution in [3.63, 3.8) is 0 Å². The maximum absolute atomic E-state index is 12.5. The van der Waals surface area contributed by atoms with Crippen LogP contribution in [0.2, 0.25) is 0 Å². The lowest BCUT2D eigenvalue weighted by Gasteiger charge is -2.10. The van der Waals surface area contributed by atoms with Crippen LogP contribution < -0.4 is 15.1 Å². The van der Waals surface area contributed by atoms with E-state index in [-0.39, 0.29) is 26.6 Å². The third-order valence-electron chi connectivity index (χ3n) is 4.01. The van der Waals surface area contributed by atoms with Crippen LogP contribution in [0, 0.1) is 20.8 Å². The molecule has 0 aliphatic heterocycles. The fraction of sp³-hybridized carbons (Fsp3) is 0.263. The monoisotopic (exact) mass is 494 g/mol. The van der Waals surface area contributed by atoms with Gasteiger partial charge in [0, 0.05) is 0 Å². The number of amidine groups is 1. The van der Waals surface area contributed by atoms with Gasteiger partial charge in [0.25, 0.3) is 10.0 Å². The number of hydrogen-bond acceptors (Lipinski definition) is 10. The second-order valence-corrected chi connectivity index (χ2v) is 10.2. The largest absolute Gasteiger partial charge is 0.846 e. The fourth-order valence-electron chi connectivity index (χ4n) is 2.48. The first-order chi connectivity index (χ1) is 15.1. The molecule has 0 atom stereocenters. The number of ether oxygens (including phenoxy) is 1. The van der Waals surface area contributed by atoms with Gasteiger partial charge in [-0.2, -0.15) is 0 Å². The summed E-state index contributed by atoms with van der Waals surface area (Å²) in [7, 11) is -3.82. The standard InChI is InChI=1S/C19H21N5O5S3/c1-5-29-16(25)14-11(3)20-18(30-14)23-17(26)22-15-12(4)21-19(31-15)24-32(27,28)13-8-6-10(2)7-9-13/h6-9H,5H2,1-4H3,(H,21,24)(H2,20,22,23,26)/p-1. The lowest BCUT2D eigenvalue weighted by molar-refractivity contribution is -0.214. The van der Waals surface area contributed by atoms with Gasteiger partial charge in [0.05, 0.1) is 28.9 Å². The molecule has 0 aliphatic carbocycles. The van der Waals surface area contributed by atoms with Crippen molar-refractivity contribution in [2.45, 2.75) is 32.6 Å². The van der Waals surface area contributed by atoms with E-state index in [2.05, 4.69) is 25.0 Å². The molecule has 0 saturated heterocycles. The van der Waals surface area contributed by atoms with Crippen molar-refractivity contribution in [2.75, 3.05) is 16.6 Å². The third-order valence-corrected chi connectivity index (χ3v) is 7.52. The minimum Gasteiger partial charge on any atom is -0.846 e. The number of carbonyl (C=O) groups excluding carboxylic acids is 1. The molecule has 0 saturated carbocycles. The van der Waals surface area contributed by atoms with Gasteiger partial charge in [0.2, 0.25) is 5.13 Å². The van der Waals surface area contributed by atoms with E-state index in [1.807, 2.05) is 6.92 Å². The van der Waals surface area contributed by atoms with Crippen LogP contribution in [0.25, 0.3) is 0 Å². The van der Waals surface area contributed by atoms with Crippen molar-refractivity contribution in [3.8, 4) is 0 Å². The van der Waals surface area contributed by atoms with Crippen LogP contribution in [-0.2, 0) is 14.8 Å². The molecular formula is C19H20N5O5S3-. The van der Waals surface area contributed by atoms with Crippen molar-refractivity contribution >= 4 is 60.0 Å². The maximum Gasteiger partial charge on any atom is 0.350 e. The second-order valence-electron chi connectivity index (χ2n) is 6.53. The number of aromatic nitrogens is 2. The van der Waals surface area contributed by atoms with E-state index in [9.17, 15) is 18.3 Å². The van der Waals surface area contributed by atoms with Gasteiger partial charge >= 0.3 is 5.97 Å². The Morgan fingerprint density at radius 3 is 2.47 bits per heavy atom. The molecule has 2 aromatic heterocycles. The van der Waals surface area contributed by atoms with Gasteiger partial charge in [-0.3, -0.25) is 4.72 Å². The number of nitrogens with one attached hydrogen (secondary N) is 2. The molecular weight excluding hydrogens is 474 g/mol. The van der Waals surface area contributed by atoms with Gasteiger partial charge in [-0.1, -0.05) is 40.4 Å². The maximum atomic E-state index is 12.5. The minimum atomic E-state index is -3.82. The number of carbonyl (C=O) groups is 1. The van der Waals surface area contributed by atoms with Gasteiger partial charge in [-0.15, -0.1) is 0 Å². The average molecular weight is 495 g/mol. The van der Waals surface area contributed by atoms with Crippen molar-refractivity contribution in [3.05, 3.63) is 46.1 Å². The highest BCUT2D eigenvalue weighted by molar-refractivity contribution is 7.93. The molecule has 0 unspecified atom stereocenters. The first-order valence-electron chi connectivity index (χ1n) is 9.33. The molecule has 170 valence electrons. The number of rotatable bonds is 7. The van der Waals surface area contributed by atoms with Crippen molar-refractivity contribution in [1.82, 2.24) is 9.97 Å². The van der Waals surface area contributed by atoms with Crippen LogP contribution in [0.5, 0.6) is 0 Å². The van der Waals surface area contributed by atoms with Gasteiger partial charge in [0.1, 0.15) is 9.88 Å². The zero-order valence-electron chi connectivity index (χ0n) is 17.6. The Balaban J connectivity index is 1.74. The van der Waals surface area contributed by atoms with E-state index < -0.39 is 22.0 Å². The molecule has 0 amide bonds. The summed E-state index contributed by atoms with van der Waals surface area (Å²) in [5.41, 5.74) is 1.78. The van der Waals surface area contributed by atoms with Gasteiger partial charge in [0.15, 0.2) is 5.13 Å². The second kappa shape index (κ2) is 9.63. The molecule has 0 bridgehead atoms. The number of aryl methyl sites for hydroxylation is 3. The van der Waals surface area contributed by atoms with E-state index in [0.29, 0.717) is 16.4 Å². The highest BCUT2D eigenvalue weighted by Gasteiger charge is 2.18. The molecule has 13 heteroatoms. The molecule has 0 aliphatic rings. The van der Waals surface area contributed by atoms with Crippen LogP contribution in [0.4, 0.5) is 15.3 Å². The summed E-state index contributed by atoms with van der Waals surface area (Å²) in [6, 6.07) is 5.67. The molecule has 1 aromatic carbocycles. The van der Waals surface area contributed by atoms with Gasteiger partial charge in [-0.05, 0) is 39.8 Å².